The molecule has 5 rings (SSSR count). The third kappa shape index (κ3) is 4.20. The molecule has 1 aromatic carbocycles. The van der Waals surface area contributed by atoms with Crippen LogP contribution in [0.5, 0.6) is 0 Å². The first kappa shape index (κ1) is 21.2. The standard InChI is InChI=1S/C24H24ClN3O3S/c25-18-5-3-17(4-6-18)23-19-8-15-32-21(19)7-9-28(23)16-22(29)26-10-12-27(13-11-26)24(30)20-2-1-14-31-20/h1-6,8,14-15,23H,7,9-13,16H2. The van der Waals surface area contributed by atoms with Crippen LogP contribution in [0.4, 0.5) is 0 Å². The molecule has 4 heterocycles. The second-order valence-corrected chi connectivity index (χ2v) is 9.56. The maximum atomic E-state index is 13.2. The van der Waals surface area contributed by atoms with Crippen LogP contribution in [0.3, 0.4) is 0 Å². The summed E-state index contributed by atoms with van der Waals surface area (Å²) in [6.07, 6.45) is 2.46. The first-order valence-electron chi connectivity index (χ1n) is 10.8. The Bertz CT molecular complexity index is 1090. The van der Waals surface area contributed by atoms with Crippen LogP contribution in [0.1, 0.15) is 32.6 Å². The van der Waals surface area contributed by atoms with E-state index in [4.69, 9.17) is 16.0 Å². The van der Waals surface area contributed by atoms with E-state index >= 15 is 0 Å². The molecule has 6 nitrogen and oxygen atoms in total. The number of carbonyl (C=O) groups is 2. The average molecular weight is 470 g/mol. The molecule has 0 radical (unpaired) electrons. The fourth-order valence-corrected chi connectivity index (χ4v) is 5.59. The summed E-state index contributed by atoms with van der Waals surface area (Å²) in [5.41, 5.74) is 2.43. The number of nitrogens with zero attached hydrogens (tertiary/aromatic N) is 3. The Morgan fingerprint density at radius 1 is 1.00 bits per heavy atom. The van der Waals surface area contributed by atoms with Crippen molar-refractivity contribution in [1.29, 1.82) is 0 Å². The van der Waals surface area contributed by atoms with Crippen LogP contribution < -0.4 is 0 Å². The Balaban J connectivity index is 1.26. The van der Waals surface area contributed by atoms with Gasteiger partial charge in [0, 0.05) is 42.6 Å². The van der Waals surface area contributed by atoms with Crippen molar-refractivity contribution in [1.82, 2.24) is 14.7 Å². The van der Waals surface area contributed by atoms with Crippen molar-refractivity contribution < 1.29 is 14.0 Å². The number of furan rings is 1. The Hall–Kier alpha value is -2.61. The summed E-state index contributed by atoms with van der Waals surface area (Å²) in [6, 6.07) is 13.5. The molecule has 2 aliphatic heterocycles. The lowest BCUT2D eigenvalue weighted by atomic mass is 9.93. The minimum absolute atomic E-state index is 0.0491. The van der Waals surface area contributed by atoms with Crippen LogP contribution in [0.25, 0.3) is 0 Å². The highest BCUT2D eigenvalue weighted by molar-refractivity contribution is 7.10. The van der Waals surface area contributed by atoms with Crippen molar-refractivity contribution in [3.63, 3.8) is 0 Å². The van der Waals surface area contributed by atoms with Crippen LogP contribution in [0.15, 0.2) is 58.5 Å². The van der Waals surface area contributed by atoms with Crippen molar-refractivity contribution >= 4 is 34.8 Å². The normalized spacial score (nSPS) is 19.1. The van der Waals surface area contributed by atoms with Gasteiger partial charge in [0.1, 0.15) is 0 Å². The highest BCUT2D eigenvalue weighted by Crippen LogP contribution is 2.38. The number of amides is 2. The van der Waals surface area contributed by atoms with E-state index < -0.39 is 0 Å². The van der Waals surface area contributed by atoms with Crippen molar-refractivity contribution in [2.75, 3.05) is 39.3 Å². The number of thiophene rings is 1. The molecule has 2 aliphatic rings. The van der Waals surface area contributed by atoms with E-state index in [0.29, 0.717) is 43.5 Å². The van der Waals surface area contributed by atoms with Gasteiger partial charge in [-0.15, -0.1) is 11.3 Å². The first-order chi connectivity index (χ1) is 15.6. The van der Waals surface area contributed by atoms with Crippen LogP contribution in [-0.4, -0.2) is 65.8 Å². The maximum Gasteiger partial charge on any atom is 0.289 e. The van der Waals surface area contributed by atoms with Crippen molar-refractivity contribution in [3.05, 3.63) is 80.9 Å². The molecule has 166 valence electrons. The number of hydrogen-bond donors (Lipinski definition) is 0. The third-order valence-electron chi connectivity index (χ3n) is 6.24. The average Bonchev–Trinajstić information content (AvgIpc) is 3.52. The second kappa shape index (κ2) is 9.10. The smallest absolute Gasteiger partial charge is 0.289 e. The van der Waals surface area contributed by atoms with Crippen LogP contribution in [0, 0.1) is 0 Å². The minimum atomic E-state index is -0.120. The molecule has 0 N–H and O–H groups in total. The van der Waals surface area contributed by atoms with Crippen LogP contribution in [-0.2, 0) is 11.2 Å². The summed E-state index contributed by atoms with van der Waals surface area (Å²) in [4.78, 5) is 32.9. The minimum Gasteiger partial charge on any atom is -0.459 e. The van der Waals surface area contributed by atoms with E-state index in [1.54, 1.807) is 28.4 Å². The molecule has 2 amide bonds. The Kier molecular flexibility index (Phi) is 6.04. The van der Waals surface area contributed by atoms with Gasteiger partial charge in [-0.3, -0.25) is 14.5 Å². The summed E-state index contributed by atoms with van der Waals surface area (Å²) in [7, 11) is 0. The maximum absolute atomic E-state index is 13.2. The van der Waals surface area contributed by atoms with Gasteiger partial charge in [-0.25, -0.2) is 0 Å². The van der Waals surface area contributed by atoms with E-state index in [1.807, 2.05) is 17.0 Å². The van der Waals surface area contributed by atoms with Gasteiger partial charge < -0.3 is 14.2 Å². The molecule has 1 fully saturated rings. The quantitative estimate of drug-likeness (QED) is 0.581. The molecule has 0 saturated carbocycles. The van der Waals surface area contributed by atoms with Crippen molar-refractivity contribution in [2.24, 2.45) is 0 Å². The molecular formula is C24H24ClN3O3S. The Morgan fingerprint density at radius 2 is 1.75 bits per heavy atom. The number of benzene rings is 1. The summed E-state index contributed by atoms with van der Waals surface area (Å²) in [5.74, 6) is 0.328. The Labute approximate surface area is 196 Å². The first-order valence-corrected chi connectivity index (χ1v) is 12.0. The number of rotatable bonds is 4. The van der Waals surface area contributed by atoms with E-state index in [0.717, 1.165) is 18.5 Å². The van der Waals surface area contributed by atoms with Gasteiger partial charge in [-0.1, -0.05) is 23.7 Å². The SMILES string of the molecule is O=C(CN1CCc2sccc2C1c1ccc(Cl)cc1)N1CCN(C(=O)c2ccco2)CC1. The van der Waals surface area contributed by atoms with Crippen molar-refractivity contribution in [3.8, 4) is 0 Å². The topological polar surface area (TPSA) is 57.0 Å². The molecular weight excluding hydrogens is 446 g/mol. The predicted octanol–water partition coefficient (Wildman–Crippen LogP) is 3.93. The lowest BCUT2D eigenvalue weighted by molar-refractivity contribution is -0.134. The lowest BCUT2D eigenvalue weighted by Gasteiger charge is -2.39. The van der Waals surface area contributed by atoms with Gasteiger partial charge in [-0.05, 0) is 53.3 Å². The third-order valence-corrected chi connectivity index (χ3v) is 7.49. The molecule has 1 saturated heterocycles. The summed E-state index contributed by atoms with van der Waals surface area (Å²) >= 11 is 7.90. The number of fused-ring (bicyclic) bond motifs is 1. The lowest BCUT2D eigenvalue weighted by Crippen LogP contribution is -2.53. The van der Waals surface area contributed by atoms with Gasteiger partial charge in [0.15, 0.2) is 5.76 Å². The van der Waals surface area contributed by atoms with E-state index in [-0.39, 0.29) is 17.9 Å². The van der Waals surface area contributed by atoms with E-state index in [9.17, 15) is 9.59 Å². The van der Waals surface area contributed by atoms with E-state index in [1.165, 1.54) is 16.7 Å². The number of carbonyl (C=O) groups excluding carboxylic acids is 2. The molecule has 0 aliphatic carbocycles. The zero-order chi connectivity index (χ0) is 22.1. The van der Waals surface area contributed by atoms with Gasteiger partial charge in [0.05, 0.1) is 18.8 Å². The number of hydrogen-bond acceptors (Lipinski definition) is 5. The van der Waals surface area contributed by atoms with Gasteiger partial charge in [0.2, 0.25) is 5.91 Å². The molecule has 2 aromatic heterocycles. The summed E-state index contributed by atoms with van der Waals surface area (Å²) in [6.45, 7) is 3.29. The van der Waals surface area contributed by atoms with Gasteiger partial charge >= 0.3 is 0 Å². The molecule has 0 spiro atoms. The van der Waals surface area contributed by atoms with Crippen LogP contribution in [0.2, 0.25) is 5.02 Å². The zero-order valence-electron chi connectivity index (χ0n) is 17.6. The molecule has 32 heavy (non-hydrogen) atoms. The molecule has 1 unspecified atom stereocenters. The fraction of sp³-hybridized carbons (Fsp3) is 0.333. The number of piperazine rings is 1. The highest BCUT2D eigenvalue weighted by atomic mass is 35.5. The second-order valence-electron chi connectivity index (χ2n) is 8.12. The van der Waals surface area contributed by atoms with Crippen molar-refractivity contribution in [2.45, 2.75) is 12.5 Å². The molecule has 1 atom stereocenters. The van der Waals surface area contributed by atoms with Crippen LogP contribution >= 0.6 is 22.9 Å². The zero-order valence-corrected chi connectivity index (χ0v) is 19.1. The summed E-state index contributed by atoms with van der Waals surface area (Å²) in [5, 5.41) is 2.84. The largest absolute Gasteiger partial charge is 0.459 e. The highest BCUT2D eigenvalue weighted by Gasteiger charge is 2.33. The van der Waals surface area contributed by atoms with Gasteiger partial charge in [0.25, 0.3) is 5.91 Å². The molecule has 3 aromatic rings. The summed E-state index contributed by atoms with van der Waals surface area (Å²) < 4.78 is 5.22. The predicted molar refractivity (Wildman–Crippen MR) is 124 cm³/mol. The number of halogens is 1. The molecule has 8 heteroatoms. The van der Waals surface area contributed by atoms with Gasteiger partial charge in [-0.2, -0.15) is 0 Å². The fourth-order valence-electron chi connectivity index (χ4n) is 4.56. The van der Waals surface area contributed by atoms with E-state index in [2.05, 4.69) is 28.5 Å². The molecule has 0 bridgehead atoms. The monoisotopic (exact) mass is 469 g/mol. The Morgan fingerprint density at radius 3 is 2.47 bits per heavy atom.